The van der Waals surface area contributed by atoms with Gasteiger partial charge in [0.1, 0.15) is 0 Å². The highest BCUT2D eigenvalue weighted by Gasteiger charge is 2.30. The molecule has 1 saturated heterocycles. The first-order valence-electron chi connectivity index (χ1n) is 7.70. The molecule has 3 nitrogen and oxygen atoms in total. The maximum absolute atomic E-state index is 10.2. The van der Waals surface area contributed by atoms with E-state index in [0.29, 0.717) is 6.04 Å². The summed E-state index contributed by atoms with van der Waals surface area (Å²) in [4.78, 5) is 2.45. The molecule has 1 aliphatic heterocycles. The minimum atomic E-state index is -0.526. The SMILES string of the molecule is CCCNC1CCN(CC(C)(O)CC)CC1CC. The van der Waals surface area contributed by atoms with Crippen LogP contribution in [0.3, 0.4) is 0 Å². The number of β-amino-alcohol motifs (C(OH)–C–C–N with tert-alkyl or cyclic N) is 1. The molecular weight excluding hydrogens is 224 g/mol. The van der Waals surface area contributed by atoms with E-state index in [1.807, 2.05) is 6.92 Å². The zero-order valence-corrected chi connectivity index (χ0v) is 12.7. The molecule has 1 rings (SSSR count). The zero-order valence-electron chi connectivity index (χ0n) is 12.7. The average Bonchev–Trinajstić information content (AvgIpc) is 2.36. The molecular formula is C15H32N2O. The summed E-state index contributed by atoms with van der Waals surface area (Å²) in [5.74, 6) is 0.734. The number of nitrogens with one attached hydrogen (secondary N) is 1. The van der Waals surface area contributed by atoms with Crippen LogP contribution in [0.5, 0.6) is 0 Å². The first kappa shape index (κ1) is 15.9. The Morgan fingerprint density at radius 1 is 1.33 bits per heavy atom. The van der Waals surface area contributed by atoms with E-state index in [1.165, 1.54) is 19.3 Å². The summed E-state index contributed by atoms with van der Waals surface area (Å²) in [6.45, 7) is 12.7. The van der Waals surface area contributed by atoms with Crippen LogP contribution < -0.4 is 5.32 Å². The summed E-state index contributed by atoms with van der Waals surface area (Å²) < 4.78 is 0. The normalized spacial score (nSPS) is 29.2. The molecule has 0 aliphatic carbocycles. The second kappa shape index (κ2) is 7.46. The lowest BCUT2D eigenvalue weighted by Gasteiger charge is -2.41. The number of rotatable bonds is 7. The van der Waals surface area contributed by atoms with Gasteiger partial charge in [-0.25, -0.2) is 0 Å². The van der Waals surface area contributed by atoms with Crippen LogP contribution in [0.4, 0.5) is 0 Å². The smallest absolute Gasteiger partial charge is 0.0743 e. The second-order valence-corrected chi connectivity index (χ2v) is 6.10. The van der Waals surface area contributed by atoms with Gasteiger partial charge >= 0.3 is 0 Å². The summed E-state index contributed by atoms with van der Waals surface area (Å²) in [5, 5.41) is 13.9. The standard InChI is InChI=1S/C15H32N2O/c1-5-9-16-14-8-10-17(11-13(14)6-2)12-15(4,18)7-3/h13-14,16,18H,5-12H2,1-4H3. The predicted octanol–water partition coefficient (Wildman–Crippen LogP) is 2.25. The molecule has 0 bridgehead atoms. The fourth-order valence-corrected chi connectivity index (χ4v) is 2.86. The van der Waals surface area contributed by atoms with E-state index >= 15 is 0 Å². The van der Waals surface area contributed by atoms with Gasteiger partial charge in [0.05, 0.1) is 5.60 Å². The molecule has 2 N–H and O–H groups in total. The Bertz CT molecular complexity index is 231. The van der Waals surface area contributed by atoms with Crippen molar-refractivity contribution in [2.45, 2.75) is 65.0 Å². The minimum Gasteiger partial charge on any atom is -0.389 e. The van der Waals surface area contributed by atoms with E-state index in [-0.39, 0.29) is 0 Å². The van der Waals surface area contributed by atoms with E-state index in [2.05, 4.69) is 31.0 Å². The summed E-state index contributed by atoms with van der Waals surface area (Å²) in [6.07, 6.45) is 4.49. The van der Waals surface area contributed by atoms with Crippen molar-refractivity contribution in [2.24, 2.45) is 5.92 Å². The monoisotopic (exact) mass is 256 g/mol. The van der Waals surface area contributed by atoms with Crippen molar-refractivity contribution in [3.8, 4) is 0 Å². The molecule has 3 unspecified atom stereocenters. The number of hydrogen-bond acceptors (Lipinski definition) is 3. The third-order valence-corrected chi connectivity index (χ3v) is 4.32. The largest absolute Gasteiger partial charge is 0.389 e. The van der Waals surface area contributed by atoms with E-state index in [1.54, 1.807) is 0 Å². The Morgan fingerprint density at radius 3 is 2.61 bits per heavy atom. The van der Waals surface area contributed by atoms with Crippen LogP contribution in [0.2, 0.25) is 0 Å². The highest BCUT2D eigenvalue weighted by Crippen LogP contribution is 2.22. The van der Waals surface area contributed by atoms with Gasteiger partial charge in [0, 0.05) is 19.1 Å². The van der Waals surface area contributed by atoms with E-state index in [0.717, 1.165) is 38.5 Å². The molecule has 0 amide bonds. The van der Waals surface area contributed by atoms with Crippen molar-refractivity contribution in [1.82, 2.24) is 10.2 Å². The predicted molar refractivity (Wildman–Crippen MR) is 77.8 cm³/mol. The van der Waals surface area contributed by atoms with Crippen LogP contribution in [0.15, 0.2) is 0 Å². The molecule has 0 aromatic heterocycles. The van der Waals surface area contributed by atoms with Gasteiger partial charge < -0.3 is 15.3 Å². The van der Waals surface area contributed by atoms with E-state index in [4.69, 9.17) is 0 Å². The Labute approximate surface area is 113 Å². The summed E-state index contributed by atoms with van der Waals surface area (Å²) in [7, 11) is 0. The molecule has 0 saturated carbocycles. The third-order valence-electron chi connectivity index (χ3n) is 4.32. The maximum Gasteiger partial charge on any atom is 0.0743 e. The Hall–Kier alpha value is -0.120. The number of nitrogens with zero attached hydrogens (tertiary/aromatic N) is 1. The average molecular weight is 256 g/mol. The van der Waals surface area contributed by atoms with Crippen molar-refractivity contribution in [1.29, 1.82) is 0 Å². The van der Waals surface area contributed by atoms with Gasteiger partial charge in [-0.05, 0) is 45.2 Å². The first-order chi connectivity index (χ1) is 8.52. The fraction of sp³-hybridized carbons (Fsp3) is 1.00. The minimum absolute atomic E-state index is 0.526. The van der Waals surface area contributed by atoms with Crippen LogP contribution in [0, 0.1) is 5.92 Å². The van der Waals surface area contributed by atoms with E-state index < -0.39 is 5.60 Å². The van der Waals surface area contributed by atoms with Gasteiger partial charge in [0.15, 0.2) is 0 Å². The molecule has 0 aromatic rings. The van der Waals surface area contributed by atoms with Crippen LogP contribution in [-0.2, 0) is 0 Å². The van der Waals surface area contributed by atoms with Crippen molar-refractivity contribution in [3.63, 3.8) is 0 Å². The lowest BCUT2D eigenvalue weighted by Crippen LogP contribution is -2.52. The quantitative estimate of drug-likeness (QED) is 0.733. The molecule has 3 atom stereocenters. The van der Waals surface area contributed by atoms with Gasteiger partial charge in [0.25, 0.3) is 0 Å². The van der Waals surface area contributed by atoms with Crippen LogP contribution in [0.1, 0.15) is 53.4 Å². The van der Waals surface area contributed by atoms with E-state index in [9.17, 15) is 5.11 Å². The molecule has 3 heteroatoms. The van der Waals surface area contributed by atoms with Crippen LogP contribution in [0.25, 0.3) is 0 Å². The van der Waals surface area contributed by atoms with Crippen molar-refractivity contribution < 1.29 is 5.11 Å². The molecule has 0 aromatic carbocycles. The number of aliphatic hydroxyl groups is 1. The number of piperidine rings is 1. The molecule has 1 heterocycles. The maximum atomic E-state index is 10.2. The van der Waals surface area contributed by atoms with Crippen molar-refractivity contribution >= 4 is 0 Å². The van der Waals surface area contributed by atoms with Crippen molar-refractivity contribution in [2.75, 3.05) is 26.2 Å². The molecule has 1 fully saturated rings. The zero-order chi connectivity index (χ0) is 13.6. The molecule has 1 aliphatic rings. The second-order valence-electron chi connectivity index (χ2n) is 6.10. The molecule has 108 valence electrons. The summed E-state index contributed by atoms with van der Waals surface area (Å²) >= 11 is 0. The van der Waals surface area contributed by atoms with Crippen molar-refractivity contribution in [3.05, 3.63) is 0 Å². The topological polar surface area (TPSA) is 35.5 Å². The van der Waals surface area contributed by atoms with Gasteiger partial charge in [-0.1, -0.05) is 27.2 Å². The fourth-order valence-electron chi connectivity index (χ4n) is 2.86. The lowest BCUT2D eigenvalue weighted by atomic mass is 9.88. The molecule has 18 heavy (non-hydrogen) atoms. The van der Waals surface area contributed by atoms with Gasteiger partial charge in [-0.3, -0.25) is 0 Å². The number of hydrogen-bond donors (Lipinski definition) is 2. The molecule has 0 radical (unpaired) electrons. The lowest BCUT2D eigenvalue weighted by molar-refractivity contribution is -0.000999. The summed E-state index contributed by atoms with van der Waals surface area (Å²) in [5.41, 5.74) is -0.526. The highest BCUT2D eigenvalue weighted by atomic mass is 16.3. The highest BCUT2D eigenvalue weighted by molar-refractivity contribution is 4.87. The van der Waals surface area contributed by atoms with Gasteiger partial charge in [-0.2, -0.15) is 0 Å². The van der Waals surface area contributed by atoms with Gasteiger partial charge in [0.2, 0.25) is 0 Å². The third kappa shape index (κ3) is 4.87. The van der Waals surface area contributed by atoms with Gasteiger partial charge in [-0.15, -0.1) is 0 Å². The Balaban J connectivity index is 2.45. The summed E-state index contributed by atoms with van der Waals surface area (Å²) in [6, 6.07) is 0.678. The Morgan fingerprint density at radius 2 is 2.06 bits per heavy atom. The van der Waals surface area contributed by atoms with Crippen LogP contribution >= 0.6 is 0 Å². The Kier molecular flexibility index (Phi) is 6.61. The van der Waals surface area contributed by atoms with Crippen LogP contribution in [-0.4, -0.2) is 47.8 Å². The number of likely N-dealkylation sites (tertiary alicyclic amines) is 1. The molecule has 0 spiro atoms. The first-order valence-corrected chi connectivity index (χ1v) is 7.70.